The van der Waals surface area contributed by atoms with E-state index in [1.807, 2.05) is 5.32 Å². The van der Waals surface area contributed by atoms with E-state index in [4.69, 9.17) is 14.6 Å². The Morgan fingerprint density at radius 3 is 2.16 bits per heavy atom. The molecule has 2 rings (SSSR count). The van der Waals surface area contributed by atoms with Crippen molar-refractivity contribution in [2.75, 3.05) is 19.5 Å². The third kappa shape index (κ3) is 3.83. The summed E-state index contributed by atoms with van der Waals surface area (Å²) in [5.41, 5.74) is -0.526. The summed E-state index contributed by atoms with van der Waals surface area (Å²) < 4.78 is 34.5. The molecular formula is C14H13N3O7S. The number of ether oxygens (including phenoxy) is 2. The van der Waals surface area contributed by atoms with Crippen molar-refractivity contribution in [3.63, 3.8) is 0 Å². The van der Waals surface area contributed by atoms with Gasteiger partial charge < -0.3 is 14.6 Å². The van der Waals surface area contributed by atoms with Gasteiger partial charge in [-0.3, -0.25) is 10.1 Å². The Bertz CT molecular complexity index is 906. The summed E-state index contributed by atoms with van der Waals surface area (Å²) in [7, 11) is -2.02. The number of carbonyl (C=O) groups is 2. The maximum Gasteiger partial charge on any atom is 0.348 e. The molecule has 10 nitrogen and oxygen atoms in total. The summed E-state index contributed by atoms with van der Waals surface area (Å²) in [5, 5.41) is 9.59. The Kier molecular flexibility index (Phi) is 5.17. The van der Waals surface area contributed by atoms with Gasteiger partial charge in [0.05, 0.1) is 30.7 Å². The number of carbonyl (C=O) groups excluding carboxylic acids is 1. The van der Waals surface area contributed by atoms with Crippen LogP contribution in [0.25, 0.3) is 0 Å². The van der Waals surface area contributed by atoms with Gasteiger partial charge in [-0.1, -0.05) is 12.1 Å². The number of hydrogen-bond donors (Lipinski definition) is 2. The van der Waals surface area contributed by atoms with Crippen LogP contribution in [-0.4, -0.2) is 48.9 Å². The molecule has 1 amide bonds. The highest BCUT2D eigenvalue weighted by atomic mass is 32.2. The monoisotopic (exact) mass is 367 g/mol. The number of aromatic carboxylic acids is 1. The lowest BCUT2D eigenvalue weighted by atomic mass is 10.2. The van der Waals surface area contributed by atoms with Crippen LogP contribution in [0.15, 0.2) is 35.2 Å². The van der Waals surface area contributed by atoms with Crippen molar-refractivity contribution in [1.29, 1.82) is 0 Å². The minimum atomic E-state index is -4.64. The van der Waals surface area contributed by atoms with Crippen molar-refractivity contribution in [3.8, 4) is 11.8 Å². The lowest BCUT2D eigenvalue weighted by molar-refractivity contribution is 0.0692. The van der Waals surface area contributed by atoms with Crippen molar-refractivity contribution in [2.24, 2.45) is 0 Å². The number of carboxylic acids is 1. The van der Waals surface area contributed by atoms with E-state index in [2.05, 4.69) is 9.97 Å². The smallest absolute Gasteiger partial charge is 0.348 e. The largest absolute Gasteiger partial charge is 0.481 e. The molecule has 0 spiro atoms. The van der Waals surface area contributed by atoms with Crippen molar-refractivity contribution >= 4 is 27.0 Å². The average molecular weight is 367 g/mol. The molecule has 1 heterocycles. The molecule has 0 atom stereocenters. The lowest BCUT2D eigenvalue weighted by Gasteiger charge is -2.09. The Morgan fingerprint density at radius 2 is 1.64 bits per heavy atom. The van der Waals surface area contributed by atoms with Crippen molar-refractivity contribution < 1.29 is 32.6 Å². The van der Waals surface area contributed by atoms with Crippen LogP contribution in [0.3, 0.4) is 0 Å². The Balaban J connectivity index is 2.40. The highest BCUT2D eigenvalue weighted by Gasteiger charge is 2.30. The molecule has 0 radical (unpaired) electrons. The number of aromatic nitrogens is 2. The van der Waals surface area contributed by atoms with Crippen LogP contribution < -0.4 is 14.8 Å². The molecule has 0 aliphatic heterocycles. The van der Waals surface area contributed by atoms with Crippen LogP contribution >= 0.6 is 0 Å². The molecule has 1 aromatic carbocycles. The molecule has 1 aromatic heterocycles. The number of nitrogens with one attached hydrogen (secondary N) is 1. The van der Waals surface area contributed by atoms with E-state index in [0.29, 0.717) is 0 Å². The zero-order valence-corrected chi connectivity index (χ0v) is 13.9. The molecule has 0 saturated carbocycles. The van der Waals surface area contributed by atoms with Gasteiger partial charge >= 0.3 is 11.2 Å². The second kappa shape index (κ2) is 7.13. The molecule has 132 valence electrons. The molecule has 0 aliphatic rings. The first-order valence-corrected chi connectivity index (χ1v) is 8.13. The van der Waals surface area contributed by atoms with Crippen molar-refractivity contribution in [1.82, 2.24) is 9.97 Å². The normalized spacial score (nSPS) is 10.8. The molecule has 0 saturated heterocycles. The van der Waals surface area contributed by atoms with E-state index in [1.165, 1.54) is 32.4 Å². The van der Waals surface area contributed by atoms with Gasteiger partial charge in [-0.15, -0.1) is 0 Å². The second-order valence-corrected chi connectivity index (χ2v) is 6.31. The quantitative estimate of drug-likeness (QED) is 0.796. The molecule has 25 heavy (non-hydrogen) atoms. The number of hydrogen-bond acceptors (Lipinski definition) is 8. The number of anilines is 1. The Hall–Kier alpha value is -3.21. The Labute approximate surface area is 142 Å². The zero-order valence-electron chi connectivity index (χ0n) is 13.1. The van der Waals surface area contributed by atoms with Gasteiger partial charge in [-0.25, -0.2) is 13.2 Å². The van der Waals surface area contributed by atoms with Crippen LogP contribution in [-0.2, 0) is 9.84 Å². The number of amides is 1. The number of nitrogens with zero attached hydrogens (tertiary/aromatic N) is 2. The summed E-state index contributed by atoms with van der Waals surface area (Å²) in [4.78, 5) is 30.2. The summed E-state index contributed by atoms with van der Waals surface area (Å²) in [5.74, 6) is -1.79. The second-order valence-electron chi connectivity index (χ2n) is 4.49. The first-order chi connectivity index (χ1) is 11.8. The number of methoxy groups -OCH3 is 2. The molecule has 2 aromatic rings. The summed E-state index contributed by atoms with van der Waals surface area (Å²) in [6.45, 7) is 0. The summed E-state index contributed by atoms with van der Waals surface area (Å²) in [6, 6.07) is 6.07. The molecule has 11 heteroatoms. The molecule has 0 unspecified atom stereocenters. The van der Waals surface area contributed by atoms with Gasteiger partial charge in [0.1, 0.15) is 0 Å². The zero-order chi connectivity index (χ0) is 18.6. The first-order valence-electron chi connectivity index (χ1n) is 6.65. The number of sulfone groups is 1. The first kappa shape index (κ1) is 18.1. The van der Waals surface area contributed by atoms with Crippen molar-refractivity contribution in [3.05, 3.63) is 35.9 Å². The number of carboxylic acid groups (broad SMARTS) is 1. The highest BCUT2D eigenvalue weighted by Crippen LogP contribution is 2.21. The van der Waals surface area contributed by atoms with Crippen LogP contribution in [0.4, 0.5) is 10.7 Å². The molecule has 0 aliphatic carbocycles. The molecule has 0 fully saturated rings. The highest BCUT2D eigenvalue weighted by molar-refractivity contribution is 8.06. The van der Waals surface area contributed by atoms with E-state index < -0.39 is 31.5 Å². The maximum absolute atomic E-state index is 12.4. The van der Waals surface area contributed by atoms with Gasteiger partial charge in [-0.05, 0) is 12.1 Å². The van der Waals surface area contributed by atoms with Gasteiger partial charge in [0.2, 0.25) is 17.7 Å². The minimum absolute atomic E-state index is 0.0329. The van der Waals surface area contributed by atoms with Gasteiger partial charge in [0.25, 0.3) is 9.84 Å². The topological polar surface area (TPSA) is 145 Å². The SMILES string of the molecule is COc1cc(OC)nc(NC(=O)S(=O)(=O)c2ccccc2C(=O)O)n1. The number of benzene rings is 1. The third-order valence-electron chi connectivity index (χ3n) is 2.96. The minimum Gasteiger partial charge on any atom is -0.481 e. The fourth-order valence-electron chi connectivity index (χ4n) is 1.80. The standard InChI is InChI=1S/C14H13N3O7S/c1-23-10-7-11(24-2)16-13(15-10)17-14(20)25(21,22)9-6-4-3-5-8(9)12(18)19/h3-7H,1-2H3,(H,18,19)(H,15,16,17,20). The van der Waals surface area contributed by atoms with Gasteiger partial charge in [0.15, 0.2) is 0 Å². The number of rotatable bonds is 5. The molecule has 2 N–H and O–H groups in total. The van der Waals surface area contributed by atoms with Crippen LogP contribution in [0.5, 0.6) is 11.8 Å². The fourth-order valence-corrected chi connectivity index (χ4v) is 2.93. The molecular weight excluding hydrogens is 354 g/mol. The predicted octanol–water partition coefficient (Wildman–Crippen LogP) is 1.20. The predicted molar refractivity (Wildman–Crippen MR) is 84.7 cm³/mol. The lowest BCUT2D eigenvalue weighted by Crippen LogP contribution is -2.24. The van der Waals surface area contributed by atoms with Crippen molar-refractivity contribution in [2.45, 2.75) is 4.90 Å². The van der Waals surface area contributed by atoms with E-state index in [-0.39, 0.29) is 17.7 Å². The molecule has 0 bridgehead atoms. The van der Waals surface area contributed by atoms with Gasteiger partial charge in [-0.2, -0.15) is 9.97 Å². The maximum atomic E-state index is 12.4. The summed E-state index contributed by atoms with van der Waals surface area (Å²) in [6.07, 6.45) is 0. The third-order valence-corrected chi connectivity index (χ3v) is 4.49. The average Bonchev–Trinajstić information content (AvgIpc) is 2.61. The van der Waals surface area contributed by atoms with E-state index in [0.717, 1.165) is 12.1 Å². The summed E-state index contributed by atoms with van der Waals surface area (Å²) >= 11 is 0. The Morgan fingerprint density at radius 1 is 1.08 bits per heavy atom. The van der Waals surface area contributed by atoms with E-state index in [9.17, 15) is 18.0 Å². The fraction of sp³-hybridized carbons (Fsp3) is 0.143. The van der Waals surface area contributed by atoms with Crippen LogP contribution in [0.2, 0.25) is 0 Å². The van der Waals surface area contributed by atoms with Gasteiger partial charge in [0, 0.05) is 0 Å². The van der Waals surface area contributed by atoms with E-state index >= 15 is 0 Å². The van der Waals surface area contributed by atoms with E-state index in [1.54, 1.807) is 0 Å². The van der Waals surface area contributed by atoms with Crippen LogP contribution in [0, 0.1) is 0 Å². The van der Waals surface area contributed by atoms with Crippen LogP contribution in [0.1, 0.15) is 10.4 Å².